The molecule has 2 amide bonds. The molecule has 22 heavy (non-hydrogen) atoms. The molecule has 0 aliphatic heterocycles. The Hall–Kier alpha value is -2.37. The summed E-state index contributed by atoms with van der Waals surface area (Å²) in [5, 5.41) is 16.5. The monoisotopic (exact) mass is 305 g/mol. The third-order valence-electron chi connectivity index (χ3n) is 2.95. The molecule has 1 rings (SSSR count). The van der Waals surface area contributed by atoms with Gasteiger partial charge in [-0.25, -0.2) is 5.43 Å². The molecule has 0 atom stereocenters. The van der Waals surface area contributed by atoms with Gasteiger partial charge in [0.2, 0.25) is 5.91 Å². The highest BCUT2D eigenvalue weighted by Crippen LogP contribution is 2.20. The average Bonchev–Trinajstić information content (AvgIpc) is 2.45. The standard InChI is InChI=1S/C16H23N3O3/c1-10(2)9-17-14(20)8-12(4)18-19-16(22)13-7-5-6-11(3)15(13)21/h5-7,10,21H,8-9H2,1-4H3,(H,17,20)(H,19,22)/b18-12+. The van der Waals surface area contributed by atoms with Crippen molar-refractivity contribution in [3.63, 3.8) is 0 Å². The normalized spacial score (nSPS) is 11.4. The molecule has 0 fully saturated rings. The SMILES string of the molecule is C/C(CC(=O)NCC(C)C)=N\NC(=O)c1cccc(C)c1O. The maximum absolute atomic E-state index is 11.9. The van der Waals surface area contributed by atoms with Crippen LogP contribution in [0.3, 0.4) is 0 Å². The first-order chi connectivity index (χ1) is 10.3. The number of nitrogens with zero attached hydrogens (tertiary/aromatic N) is 1. The highest BCUT2D eigenvalue weighted by molar-refractivity contribution is 6.01. The van der Waals surface area contributed by atoms with Gasteiger partial charge in [-0.1, -0.05) is 26.0 Å². The van der Waals surface area contributed by atoms with Gasteiger partial charge in [0.25, 0.3) is 5.91 Å². The Bertz CT molecular complexity index is 580. The second-order valence-corrected chi connectivity index (χ2v) is 5.63. The lowest BCUT2D eigenvalue weighted by molar-refractivity contribution is -0.120. The Morgan fingerprint density at radius 3 is 2.64 bits per heavy atom. The quantitative estimate of drug-likeness (QED) is 0.554. The van der Waals surface area contributed by atoms with E-state index in [2.05, 4.69) is 15.8 Å². The van der Waals surface area contributed by atoms with Crippen molar-refractivity contribution >= 4 is 17.5 Å². The number of carbonyl (C=O) groups excluding carboxylic acids is 2. The highest BCUT2D eigenvalue weighted by Gasteiger charge is 2.12. The van der Waals surface area contributed by atoms with Gasteiger partial charge in [0.05, 0.1) is 12.0 Å². The first kappa shape index (κ1) is 17.7. The lowest BCUT2D eigenvalue weighted by Gasteiger charge is -2.08. The second kappa shape index (κ2) is 8.17. The summed E-state index contributed by atoms with van der Waals surface area (Å²) >= 11 is 0. The smallest absolute Gasteiger partial charge is 0.275 e. The van der Waals surface area contributed by atoms with E-state index in [1.807, 2.05) is 13.8 Å². The minimum atomic E-state index is -0.511. The molecule has 0 spiro atoms. The van der Waals surface area contributed by atoms with E-state index >= 15 is 0 Å². The summed E-state index contributed by atoms with van der Waals surface area (Å²) in [5.74, 6) is -0.335. The van der Waals surface area contributed by atoms with Crippen LogP contribution in [-0.4, -0.2) is 29.2 Å². The molecule has 0 aliphatic rings. The molecule has 1 aromatic carbocycles. The maximum Gasteiger partial charge on any atom is 0.275 e. The van der Waals surface area contributed by atoms with Crippen LogP contribution in [0, 0.1) is 12.8 Å². The van der Waals surface area contributed by atoms with Crippen molar-refractivity contribution in [2.24, 2.45) is 11.0 Å². The minimum Gasteiger partial charge on any atom is -0.507 e. The summed E-state index contributed by atoms with van der Waals surface area (Å²) in [6.07, 6.45) is 0.118. The van der Waals surface area contributed by atoms with Crippen molar-refractivity contribution in [2.75, 3.05) is 6.54 Å². The fourth-order valence-corrected chi connectivity index (χ4v) is 1.70. The van der Waals surface area contributed by atoms with Crippen molar-refractivity contribution in [3.8, 4) is 5.75 Å². The summed E-state index contributed by atoms with van der Waals surface area (Å²) in [4.78, 5) is 23.6. The number of aryl methyl sites for hydroxylation is 1. The summed E-state index contributed by atoms with van der Waals surface area (Å²) in [5.41, 5.74) is 3.60. The van der Waals surface area contributed by atoms with Crippen LogP contribution < -0.4 is 10.7 Å². The summed E-state index contributed by atoms with van der Waals surface area (Å²) in [6, 6.07) is 4.90. The van der Waals surface area contributed by atoms with Crippen molar-refractivity contribution in [1.82, 2.24) is 10.7 Å². The number of rotatable bonds is 6. The molecule has 0 radical (unpaired) electrons. The zero-order valence-electron chi connectivity index (χ0n) is 13.4. The van der Waals surface area contributed by atoms with Gasteiger partial charge in [-0.05, 0) is 31.4 Å². The fraction of sp³-hybridized carbons (Fsp3) is 0.438. The van der Waals surface area contributed by atoms with Gasteiger partial charge in [0.1, 0.15) is 5.75 Å². The number of phenols is 1. The van der Waals surface area contributed by atoms with Crippen LogP contribution in [0.5, 0.6) is 5.75 Å². The Morgan fingerprint density at radius 2 is 2.00 bits per heavy atom. The Kier molecular flexibility index (Phi) is 6.56. The van der Waals surface area contributed by atoms with Crippen molar-refractivity contribution in [2.45, 2.75) is 34.1 Å². The number of phenolic OH excluding ortho intramolecular Hbond substituents is 1. The largest absolute Gasteiger partial charge is 0.507 e. The van der Waals surface area contributed by atoms with Crippen molar-refractivity contribution < 1.29 is 14.7 Å². The van der Waals surface area contributed by atoms with E-state index in [1.165, 1.54) is 6.07 Å². The number of hydrazone groups is 1. The molecule has 120 valence electrons. The number of carbonyl (C=O) groups is 2. The van der Waals surface area contributed by atoms with E-state index in [1.54, 1.807) is 26.0 Å². The summed E-state index contributed by atoms with van der Waals surface area (Å²) < 4.78 is 0. The predicted molar refractivity (Wildman–Crippen MR) is 85.9 cm³/mol. The van der Waals surface area contributed by atoms with Crippen LogP contribution in [0.2, 0.25) is 0 Å². The van der Waals surface area contributed by atoms with Crippen LogP contribution in [0.1, 0.15) is 43.1 Å². The van der Waals surface area contributed by atoms with Gasteiger partial charge in [0, 0.05) is 12.3 Å². The lowest BCUT2D eigenvalue weighted by atomic mass is 10.1. The van der Waals surface area contributed by atoms with Crippen LogP contribution in [0.4, 0.5) is 0 Å². The van der Waals surface area contributed by atoms with E-state index in [-0.39, 0.29) is 23.6 Å². The summed E-state index contributed by atoms with van der Waals surface area (Å²) in [7, 11) is 0. The number of aromatic hydroxyl groups is 1. The van der Waals surface area contributed by atoms with Gasteiger partial charge in [0.15, 0.2) is 0 Å². The zero-order chi connectivity index (χ0) is 16.7. The number of benzene rings is 1. The molecule has 0 aliphatic carbocycles. The van der Waals surface area contributed by atoms with E-state index in [4.69, 9.17) is 0 Å². The van der Waals surface area contributed by atoms with Gasteiger partial charge < -0.3 is 10.4 Å². The third-order valence-corrected chi connectivity index (χ3v) is 2.95. The number of hydrogen-bond donors (Lipinski definition) is 3. The molecule has 0 bridgehead atoms. The molecule has 6 heteroatoms. The molecule has 3 N–H and O–H groups in total. The molecule has 0 aromatic heterocycles. The van der Waals surface area contributed by atoms with E-state index in [9.17, 15) is 14.7 Å². The molecular formula is C16H23N3O3. The molecule has 0 heterocycles. The predicted octanol–water partition coefficient (Wildman–Crippen LogP) is 1.97. The van der Waals surface area contributed by atoms with Gasteiger partial charge in [-0.2, -0.15) is 5.10 Å². The highest BCUT2D eigenvalue weighted by atomic mass is 16.3. The Labute approximate surface area is 130 Å². The molecule has 1 aromatic rings. The van der Waals surface area contributed by atoms with E-state index < -0.39 is 5.91 Å². The second-order valence-electron chi connectivity index (χ2n) is 5.63. The number of amides is 2. The topological polar surface area (TPSA) is 90.8 Å². The van der Waals surface area contributed by atoms with Gasteiger partial charge >= 0.3 is 0 Å². The average molecular weight is 305 g/mol. The lowest BCUT2D eigenvalue weighted by Crippen LogP contribution is -2.29. The Morgan fingerprint density at radius 1 is 1.32 bits per heavy atom. The minimum absolute atomic E-state index is 0.0671. The molecule has 0 saturated heterocycles. The van der Waals surface area contributed by atoms with Crippen LogP contribution in [0.15, 0.2) is 23.3 Å². The van der Waals surface area contributed by atoms with Crippen LogP contribution in [0.25, 0.3) is 0 Å². The Balaban J connectivity index is 2.58. The van der Waals surface area contributed by atoms with Crippen LogP contribution in [-0.2, 0) is 4.79 Å². The van der Waals surface area contributed by atoms with E-state index in [0.717, 1.165) is 0 Å². The third kappa shape index (κ3) is 5.55. The zero-order valence-corrected chi connectivity index (χ0v) is 13.4. The first-order valence-corrected chi connectivity index (χ1v) is 7.20. The maximum atomic E-state index is 11.9. The van der Waals surface area contributed by atoms with E-state index in [0.29, 0.717) is 23.7 Å². The molecule has 0 unspecified atom stereocenters. The summed E-state index contributed by atoms with van der Waals surface area (Å²) in [6.45, 7) is 7.99. The number of nitrogens with one attached hydrogen (secondary N) is 2. The first-order valence-electron chi connectivity index (χ1n) is 7.20. The fourth-order valence-electron chi connectivity index (χ4n) is 1.70. The van der Waals surface area contributed by atoms with Gasteiger partial charge in [-0.3, -0.25) is 9.59 Å². The van der Waals surface area contributed by atoms with Crippen molar-refractivity contribution in [3.05, 3.63) is 29.3 Å². The number of para-hydroxylation sites is 1. The van der Waals surface area contributed by atoms with Crippen LogP contribution >= 0.6 is 0 Å². The molecule has 6 nitrogen and oxygen atoms in total. The molecular weight excluding hydrogens is 282 g/mol. The number of hydrogen-bond acceptors (Lipinski definition) is 4. The van der Waals surface area contributed by atoms with Crippen molar-refractivity contribution in [1.29, 1.82) is 0 Å². The molecule has 0 saturated carbocycles. The van der Waals surface area contributed by atoms with Gasteiger partial charge in [-0.15, -0.1) is 0 Å².